The molecule has 0 saturated carbocycles. The minimum absolute atomic E-state index is 0.175. The Morgan fingerprint density at radius 3 is 2.58 bits per heavy atom. The number of anilines is 1. The van der Waals surface area contributed by atoms with Gasteiger partial charge in [-0.05, 0) is 81.3 Å². The first-order chi connectivity index (χ1) is 19.4. The molecule has 7 heteroatoms. The van der Waals surface area contributed by atoms with E-state index in [-0.39, 0.29) is 12.1 Å². The van der Waals surface area contributed by atoms with E-state index in [0.29, 0.717) is 13.2 Å². The first-order valence-corrected chi connectivity index (χ1v) is 13.6. The second kappa shape index (κ2) is 10.4. The fourth-order valence-corrected chi connectivity index (χ4v) is 5.58. The van der Waals surface area contributed by atoms with Crippen molar-refractivity contribution in [3.8, 4) is 17.3 Å². The summed E-state index contributed by atoms with van der Waals surface area (Å²) < 4.78 is 10.0. The van der Waals surface area contributed by atoms with Gasteiger partial charge in [-0.2, -0.15) is 5.10 Å². The van der Waals surface area contributed by atoms with E-state index in [4.69, 9.17) is 9.84 Å². The summed E-state index contributed by atoms with van der Waals surface area (Å²) in [5.41, 5.74) is 7.78. The standard InChI is InChI=1S/C33H33N5O2/c1-5-40-27-14-9-11-25(20-27)31-30-15-10-18-36(30)32-28(24(4)35-38(32)26-12-7-6-8-13-26)21-37(31)33(39)34-29-17-16-22(2)19-23(29)3/h6-20,31H,5,21H2,1-4H3,(H,34,39)/t31-/m1/s1. The third kappa shape index (κ3) is 4.53. The van der Waals surface area contributed by atoms with Crippen molar-refractivity contribution in [2.75, 3.05) is 11.9 Å². The van der Waals surface area contributed by atoms with Crippen LogP contribution in [0, 0.1) is 20.8 Å². The van der Waals surface area contributed by atoms with Crippen LogP contribution < -0.4 is 10.1 Å². The van der Waals surface area contributed by atoms with Crippen LogP contribution in [-0.2, 0) is 6.54 Å². The Bertz CT molecular complexity index is 1680. The predicted octanol–water partition coefficient (Wildman–Crippen LogP) is 7.12. The summed E-state index contributed by atoms with van der Waals surface area (Å²) >= 11 is 0. The quantitative estimate of drug-likeness (QED) is 0.263. The van der Waals surface area contributed by atoms with Gasteiger partial charge in [0.2, 0.25) is 0 Å². The zero-order valence-electron chi connectivity index (χ0n) is 23.3. The molecular formula is C33H33N5O2. The molecule has 0 unspecified atom stereocenters. The maximum Gasteiger partial charge on any atom is 0.322 e. The van der Waals surface area contributed by atoms with Gasteiger partial charge in [0.15, 0.2) is 0 Å². The summed E-state index contributed by atoms with van der Waals surface area (Å²) in [7, 11) is 0. The molecule has 0 spiro atoms. The highest BCUT2D eigenvalue weighted by Gasteiger charge is 2.36. The Kier molecular flexibility index (Phi) is 6.64. The van der Waals surface area contributed by atoms with E-state index in [1.807, 2.05) is 85.0 Å². The third-order valence-corrected chi connectivity index (χ3v) is 7.46. The van der Waals surface area contributed by atoms with E-state index < -0.39 is 0 Å². The number of rotatable bonds is 5. The van der Waals surface area contributed by atoms with Crippen molar-refractivity contribution in [2.45, 2.75) is 40.3 Å². The van der Waals surface area contributed by atoms with Crippen molar-refractivity contribution in [3.63, 3.8) is 0 Å². The zero-order valence-corrected chi connectivity index (χ0v) is 23.3. The van der Waals surface area contributed by atoms with Gasteiger partial charge in [0, 0.05) is 17.4 Å². The highest BCUT2D eigenvalue weighted by molar-refractivity contribution is 5.91. The number of nitrogens with zero attached hydrogens (tertiary/aromatic N) is 4. The SMILES string of the molecule is CCOc1cccc([C@@H]2c3cccn3-c3c(c(C)nn3-c3ccccc3)CN2C(=O)Nc2ccc(C)cc2C)c1. The van der Waals surface area contributed by atoms with E-state index in [2.05, 4.69) is 53.3 Å². The highest BCUT2D eigenvalue weighted by atomic mass is 16.5. The minimum atomic E-state index is -0.364. The van der Waals surface area contributed by atoms with Gasteiger partial charge in [0.1, 0.15) is 11.6 Å². The van der Waals surface area contributed by atoms with E-state index in [1.165, 1.54) is 0 Å². The first kappa shape index (κ1) is 25.5. The van der Waals surface area contributed by atoms with Gasteiger partial charge in [-0.3, -0.25) is 0 Å². The number of aromatic nitrogens is 3. The number of hydrogen-bond acceptors (Lipinski definition) is 3. The predicted molar refractivity (Wildman–Crippen MR) is 158 cm³/mol. The number of fused-ring (bicyclic) bond motifs is 3. The Balaban J connectivity index is 1.53. The number of hydrogen-bond donors (Lipinski definition) is 1. The molecule has 7 nitrogen and oxygen atoms in total. The smallest absolute Gasteiger partial charge is 0.322 e. The highest BCUT2D eigenvalue weighted by Crippen LogP contribution is 2.39. The fraction of sp³-hybridized carbons (Fsp3) is 0.212. The summed E-state index contributed by atoms with van der Waals surface area (Å²) in [5.74, 6) is 1.72. The van der Waals surface area contributed by atoms with Crippen molar-refractivity contribution in [2.24, 2.45) is 0 Å². The molecule has 2 amide bonds. The summed E-state index contributed by atoms with van der Waals surface area (Å²) in [6.07, 6.45) is 2.06. The van der Waals surface area contributed by atoms with Gasteiger partial charge in [-0.1, -0.05) is 48.0 Å². The number of benzene rings is 3. The number of ether oxygens (including phenoxy) is 1. The minimum Gasteiger partial charge on any atom is -0.494 e. The monoisotopic (exact) mass is 531 g/mol. The molecule has 1 N–H and O–H groups in total. The average Bonchev–Trinajstić information content (AvgIpc) is 3.51. The van der Waals surface area contributed by atoms with Crippen LogP contribution in [0.1, 0.15) is 46.6 Å². The number of carbonyl (C=O) groups is 1. The lowest BCUT2D eigenvalue weighted by Crippen LogP contribution is -2.38. The molecule has 3 heterocycles. The summed E-state index contributed by atoms with van der Waals surface area (Å²) in [4.78, 5) is 16.1. The van der Waals surface area contributed by atoms with Gasteiger partial charge in [-0.15, -0.1) is 0 Å². The van der Waals surface area contributed by atoms with Crippen LogP contribution in [0.2, 0.25) is 0 Å². The van der Waals surface area contributed by atoms with Crippen LogP contribution >= 0.6 is 0 Å². The summed E-state index contributed by atoms with van der Waals surface area (Å²) in [6, 6.07) is 27.8. The van der Waals surface area contributed by atoms with Crippen molar-refractivity contribution in [3.05, 3.63) is 125 Å². The van der Waals surface area contributed by atoms with E-state index in [9.17, 15) is 4.79 Å². The van der Waals surface area contributed by atoms with Crippen molar-refractivity contribution < 1.29 is 9.53 Å². The molecular weight excluding hydrogens is 498 g/mol. The molecule has 0 saturated heterocycles. The lowest BCUT2D eigenvalue weighted by atomic mass is 10.0. The molecule has 0 fully saturated rings. The molecule has 6 rings (SSSR count). The molecule has 0 radical (unpaired) electrons. The normalized spacial score (nSPS) is 14.3. The number of amides is 2. The largest absolute Gasteiger partial charge is 0.494 e. The van der Waals surface area contributed by atoms with Gasteiger partial charge in [0.25, 0.3) is 0 Å². The van der Waals surface area contributed by atoms with Gasteiger partial charge in [-0.25, -0.2) is 9.48 Å². The van der Waals surface area contributed by atoms with Crippen molar-refractivity contribution >= 4 is 11.7 Å². The number of nitrogens with one attached hydrogen (secondary N) is 1. The molecule has 5 aromatic rings. The molecule has 1 atom stereocenters. The molecule has 1 aliphatic heterocycles. The molecule has 1 aliphatic rings. The van der Waals surface area contributed by atoms with Crippen LogP contribution in [0.25, 0.3) is 11.5 Å². The Labute approximate surface area is 234 Å². The number of urea groups is 1. The van der Waals surface area contributed by atoms with E-state index in [1.54, 1.807) is 0 Å². The summed E-state index contributed by atoms with van der Waals surface area (Å²) in [6.45, 7) is 9.01. The maximum atomic E-state index is 14.2. The summed E-state index contributed by atoms with van der Waals surface area (Å²) in [5, 5.41) is 8.14. The van der Waals surface area contributed by atoms with Crippen LogP contribution in [-0.4, -0.2) is 31.9 Å². The molecule has 40 heavy (non-hydrogen) atoms. The van der Waals surface area contributed by atoms with Gasteiger partial charge >= 0.3 is 6.03 Å². The average molecular weight is 532 g/mol. The molecule has 202 valence electrons. The molecule has 0 aliphatic carbocycles. The van der Waals surface area contributed by atoms with Crippen LogP contribution in [0.4, 0.5) is 10.5 Å². The van der Waals surface area contributed by atoms with Crippen LogP contribution in [0.15, 0.2) is 91.1 Å². The first-order valence-electron chi connectivity index (χ1n) is 13.6. The van der Waals surface area contributed by atoms with Crippen LogP contribution in [0.5, 0.6) is 5.75 Å². The molecule has 2 aromatic heterocycles. The van der Waals surface area contributed by atoms with Gasteiger partial charge < -0.3 is 19.5 Å². The van der Waals surface area contributed by atoms with Crippen molar-refractivity contribution in [1.82, 2.24) is 19.2 Å². The Hall–Kier alpha value is -4.78. The number of aryl methyl sites for hydroxylation is 3. The molecule has 3 aromatic carbocycles. The molecule has 0 bridgehead atoms. The number of para-hydroxylation sites is 1. The number of carbonyl (C=O) groups excluding carboxylic acids is 1. The zero-order chi connectivity index (χ0) is 27.8. The topological polar surface area (TPSA) is 64.3 Å². The van der Waals surface area contributed by atoms with Crippen LogP contribution in [0.3, 0.4) is 0 Å². The maximum absolute atomic E-state index is 14.2. The lowest BCUT2D eigenvalue weighted by molar-refractivity contribution is 0.194. The van der Waals surface area contributed by atoms with Crippen molar-refractivity contribution in [1.29, 1.82) is 0 Å². The fourth-order valence-electron chi connectivity index (χ4n) is 5.58. The Morgan fingerprint density at radius 1 is 0.975 bits per heavy atom. The lowest BCUT2D eigenvalue weighted by Gasteiger charge is -2.31. The Morgan fingerprint density at radius 2 is 1.80 bits per heavy atom. The second-order valence-corrected chi connectivity index (χ2v) is 10.2. The second-order valence-electron chi connectivity index (χ2n) is 10.2. The van der Waals surface area contributed by atoms with Gasteiger partial charge in [0.05, 0.1) is 36.3 Å². The van der Waals surface area contributed by atoms with E-state index >= 15 is 0 Å². The van der Waals surface area contributed by atoms with E-state index in [0.717, 1.165) is 56.6 Å². The third-order valence-electron chi connectivity index (χ3n) is 7.46.